The number of aryl methyl sites for hydroxylation is 1. The van der Waals surface area contributed by atoms with Gasteiger partial charge in [-0.3, -0.25) is 9.59 Å². The number of rotatable bonds is 4. The maximum absolute atomic E-state index is 13.1. The summed E-state index contributed by atoms with van der Waals surface area (Å²) in [7, 11) is 0. The molecule has 0 aliphatic carbocycles. The molecule has 1 aliphatic heterocycles. The lowest BCUT2D eigenvalue weighted by atomic mass is 10.00. The van der Waals surface area contributed by atoms with E-state index in [1.54, 1.807) is 11.0 Å². The summed E-state index contributed by atoms with van der Waals surface area (Å²) in [6, 6.07) is 15.2. The third-order valence-electron chi connectivity index (χ3n) is 4.42. The summed E-state index contributed by atoms with van der Waals surface area (Å²) in [5, 5.41) is 2.80. The van der Waals surface area contributed by atoms with Crippen LogP contribution in [-0.4, -0.2) is 28.9 Å². The molecule has 130 valence electrons. The number of hydrogen-bond donors (Lipinski definition) is 1. The van der Waals surface area contributed by atoms with E-state index in [0.717, 1.165) is 11.1 Å². The Morgan fingerprint density at radius 3 is 2.60 bits per heavy atom. The molecule has 0 bridgehead atoms. The summed E-state index contributed by atoms with van der Waals surface area (Å²) in [6.45, 7) is 6.28. The van der Waals surface area contributed by atoms with Crippen molar-refractivity contribution in [3.05, 3.63) is 59.7 Å². The highest BCUT2D eigenvalue weighted by Crippen LogP contribution is 2.35. The maximum atomic E-state index is 13.1. The average Bonchev–Trinajstić information content (AvgIpc) is 2.61. The Morgan fingerprint density at radius 2 is 1.92 bits per heavy atom. The zero-order valence-corrected chi connectivity index (χ0v) is 14.7. The van der Waals surface area contributed by atoms with E-state index < -0.39 is 11.5 Å². The number of anilines is 1. The van der Waals surface area contributed by atoms with Gasteiger partial charge < -0.3 is 15.0 Å². The van der Waals surface area contributed by atoms with Crippen LogP contribution in [0.25, 0.3) is 0 Å². The molecule has 2 amide bonds. The maximum Gasteiger partial charge on any atom is 0.278 e. The Bertz CT molecular complexity index is 804. The molecule has 0 radical (unpaired) electrons. The molecule has 5 heteroatoms. The molecule has 0 saturated carbocycles. The van der Waals surface area contributed by atoms with E-state index in [2.05, 4.69) is 5.32 Å². The van der Waals surface area contributed by atoms with Crippen molar-refractivity contribution in [3.63, 3.8) is 0 Å². The molecule has 3 rings (SSSR count). The van der Waals surface area contributed by atoms with Gasteiger partial charge in [0.25, 0.3) is 17.4 Å². The van der Waals surface area contributed by atoms with Crippen molar-refractivity contribution >= 4 is 17.5 Å². The summed E-state index contributed by atoms with van der Waals surface area (Å²) in [5.74, 6) is -0.276. The number of nitrogens with zero attached hydrogens (tertiary/aromatic N) is 1. The second-order valence-electron chi connectivity index (χ2n) is 6.39. The lowest BCUT2D eigenvalue weighted by Crippen LogP contribution is -2.59. The number of benzene rings is 2. The molecule has 5 nitrogen and oxygen atoms in total. The van der Waals surface area contributed by atoms with E-state index in [9.17, 15) is 9.59 Å². The fourth-order valence-corrected chi connectivity index (χ4v) is 2.91. The molecule has 1 N–H and O–H groups in total. The molecule has 0 saturated heterocycles. The lowest BCUT2D eigenvalue weighted by Gasteiger charge is -2.37. The smallest absolute Gasteiger partial charge is 0.278 e. The third kappa shape index (κ3) is 3.22. The van der Waals surface area contributed by atoms with Gasteiger partial charge in [0.2, 0.25) is 0 Å². The monoisotopic (exact) mass is 338 g/mol. The largest absolute Gasteiger partial charge is 0.466 e. The first kappa shape index (κ1) is 17.0. The Hall–Kier alpha value is -2.82. The number of fused-ring (bicyclic) bond motifs is 1. The second kappa shape index (κ2) is 6.59. The molecule has 1 atom stereocenters. The molecule has 1 aliphatic rings. The molecular formula is C20H22N2O3. The number of carbonyl (C=O) groups excluding carboxylic acids is 2. The molecule has 1 unspecified atom stereocenters. The third-order valence-corrected chi connectivity index (χ3v) is 4.42. The zero-order chi connectivity index (χ0) is 18.0. The van der Waals surface area contributed by atoms with Gasteiger partial charge in [-0.25, -0.2) is 0 Å². The van der Waals surface area contributed by atoms with Gasteiger partial charge in [0, 0.05) is 13.1 Å². The van der Waals surface area contributed by atoms with Crippen molar-refractivity contribution in [1.29, 1.82) is 0 Å². The van der Waals surface area contributed by atoms with Crippen molar-refractivity contribution < 1.29 is 14.3 Å². The van der Waals surface area contributed by atoms with Crippen LogP contribution in [0.2, 0.25) is 0 Å². The minimum absolute atomic E-state index is 0.345. The van der Waals surface area contributed by atoms with Crippen molar-refractivity contribution in [2.75, 3.05) is 11.9 Å². The SMILES string of the molecule is CCN(Cc1ccccc1)C(=O)C1(C)Oc2ccc(C)cc2NC1=O. The van der Waals surface area contributed by atoms with Crippen LogP contribution in [0, 0.1) is 6.92 Å². The van der Waals surface area contributed by atoms with Gasteiger partial charge in [-0.15, -0.1) is 0 Å². The Kier molecular flexibility index (Phi) is 4.49. The fourth-order valence-electron chi connectivity index (χ4n) is 2.91. The number of hydrogen-bond acceptors (Lipinski definition) is 3. The van der Waals surface area contributed by atoms with Crippen LogP contribution < -0.4 is 10.1 Å². The topological polar surface area (TPSA) is 58.6 Å². The molecule has 2 aromatic carbocycles. The predicted octanol–water partition coefficient (Wildman–Crippen LogP) is 3.13. The summed E-state index contributed by atoms with van der Waals surface area (Å²) in [4.78, 5) is 27.3. The van der Waals surface area contributed by atoms with E-state index in [-0.39, 0.29) is 5.91 Å². The summed E-state index contributed by atoms with van der Waals surface area (Å²) in [5.41, 5.74) is 1.04. The Balaban J connectivity index is 1.86. The predicted molar refractivity (Wildman–Crippen MR) is 96.4 cm³/mol. The standard InChI is InChI=1S/C20H22N2O3/c1-4-22(13-15-8-6-5-7-9-15)19(24)20(3)18(23)21-16-12-14(2)10-11-17(16)25-20/h5-12H,4,13H2,1-3H3,(H,21,23). The zero-order valence-electron chi connectivity index (χ0n) is 14.7. The number of carbonyl (C=O) groups is 2. The van der Waals surface area contributed by atoms with E-state index in [0.29, 0.717) is 24.5 Å². The van der Waals surface area contributed by atoms with E-state index >= 15 is 0 Å². The Labute approximate surface area is 147 Å². The van der Waals surface area contributed by atoms with Crippen molar-refractivity contribution in [2.24, 2.45) is 0 Å². The highest BCUT2D eigenvalue weighted by molar-refractivity contribution is 6.15. The molecule has 0 fully saturated rings. The summed E-state index contributed by atoms with van der Waals surface area (Å²) in [6.07, 6.45) is 0. The van der Waals surface area contributed by atoms with Crippen LogP contribution in [0.15, 0.2) is 48.5 Å². The Morgan fingerprint density at radius 1 is 1.20 bits per heavy atom. The van der Waals surface area contributed by atoms with Gasteiger partial charge in [0.1, 0.15) is 5.75 Å². The number of nitrogens with one attached hydrogen (secondary N) is 1. The molecular weight excluding hydrogens is 316 g/mol. The van der Waals surface area contributed by atoms with Gasteiger partial charge in [-0.2, -0.15) is 0 Å². The highest BCUT2D eigenvalue weighted by atomic mass is 16.5. The van der Waals surface area contributed by atoms with Crippen molar-refractivity contribution in [3.8, 4) is 5.75 Å². The van der Waals surface area contributed by atoms with E-state index in [4.69, 9.17) is 4.74 Å². The quantitative estimate of drug-likeness (QED) is 0.872. The van der Waals surface area contributed by atoms with Gasteiger partial charge in [-0.1, -0.05) is 36.4 Å². The molecule has 0 spiro atoms. The van der Waals surface area contributed by atoms with Gasteiger partial charge in [-0.05, 0) is 44.0 Å². The first-order chi connectivity index (χ1) is 11.9. The summed E-state index contributed by atoms with van der Waals surface area (Å²) < 4.78 is 5.87. The first-order valence-corrected chi connectivity index (χ1v) is 8.38. The molecule has 1 heterocycles. The number of ether oxygens (including phenoxy) is 1. The van der Waals surface area contributed by atoms with Crippen molar-refractivity contribution in [1.82, 2.24) is 4.90 Å². The van der Waals surface area contributed by atoms with Gasteiger partial charge >= 0.3 is 0 Å². The van der Waals surface area contributed by atoms with Crippen LogP contribution >= 0.6 is 0 Å². The van der Waals surface area contributed by atoms with Crippen LogP contribution in [0.1, 0.15) is 25.0 Å². The van der Waals surface area contributed by atoms with Gasteiger partial charge in [0.05, 0.1) is 5.69 Å². The van der Waals surface area contributed by atoms with E-state index in [1.165, 1.54) is 6.92 Å². The van der Waals surface area contributed by atoms with Crippen LogP contribution in [0.5, 0.6) is 5.75 Å². The van der Waals surface area contributed by atoms with Crippen LogP contribution in [-0.2, 0) is 16.1 Å². The molecule has 2 aromatic rings. The van der Waals surface area contributed by atoms with Gasteiger partial charge in [0.15, 0.2) is 0 Å². The molecule has 0 aromatic heterocycles. The highest BCUT2D eigenvalue weighted by Gasteiger charge is 2.49. The fraction of sp³-hybridized carbons (Fsp3) is 0.300. The number of likely N-dealkylation sites (N-methyl/N-ethyl adjacent to an activating group) is 1. The average molecular weight is 338 g/mol. The minimum Gasteiger partial charge on any atom is -0.466 e. The minimum atomic E-state index is -1.58. The normalized spacial score (nSPS) is 18.8. The number of amides is 2. The van der Waals surface area contributed by atoms with Crippen LogP contribution in [0.3, 0.4) is 0 Å². The van der Waals surface area contributed by atoms with Crippen molar-refractivity contribution in [2.45, 2.75) is 32.9 Å². The van der Waals surface area contributed by atoms with Crippen LogP contribution in [0.4, 0.5) is 5.69 Å². The summed E-state index contributed by atoms with van der Waals surface area (Å²) >= 11 is 0. The molecule has 25 heavy (non-hydrogen) atoms. The second-order valence-corrected chi connectivity index (χ2v) is 6.39. The lowest BCUT2D eigenvalue weighted by molar-refractivity contribution is -0.154. The first-order valence-electron chi connectivity index (χ1n) is 8.38. The van der Waals surface area contributed by atoms with E-state index in [1.807, 2.05) is 56.3 Å².